The van der Waals surface area contributed by atoms with Crippen molar-refractivity contribution in [2.75, 3.05) is 26.8 Å². The molecular weight excluding hydrogens is 166 g/mol. The molecule has 78 valence electrons. The maximum absolute atomic E-state index is 9.00. The van der Waals surface area contributed by atoms with Crippen LogP contribution in [0.25, 0.3) is 0 Å². The van der Waals surface area contributed by atoms with Gasteiger partial charge in [-0.3, -0.25) is 4.90 Å². The van der Waals surface area contributed by atoms with Crippen molar-refractivity contribution in [2.45, 2.75) is 38.3 Å². The molecule has 1 heterocycles. The Morgan fingerprint density at radius 2 is 2.00 bits per heavy atom. The Balaban J connectivity index is 2.38. The molecule has 0 aliphatic carbocycles. The summed E-state index contributed by atoms with van der Waals surface area (Å²) in [6.45, 7) is 6.55. The van der Waals surface area contributed by atoms with E-state index in [1.807, 2.05) is 0 Å². The zero-order valence-corrected chi connectivity index (χ0v) is 8.92. The van der Waals surface area contributed by atoms with E-state index in [0.29, 0.717) is 6.04 Å². The SMILES string of the molecule is COC1(C)CCN(C(C)CO)CC1. The standard InChI is InChI=1S/C10H21NO2/c1-9(8-12)11-6-4-10(2,13-3)5-7-11/h9,12H,4-8H2,1-3H3. The minimum absolute atomic E-state index is 0.0612. The van der Waals surface area contributed by atoms with Crippen LogP contribution in [0.3, 0.4) is 0 Å². The first-order valence-electron chi connectivity index (χ1n) is 5.01. The van der Waals surface area contributed by atoms with E-state index in [2.05, 4.69) is 18.7 Å². The highest BCUT2D eigenvalue weighted by Crippen LogP contribution is 2.25. The van der Waals surface area contributed by atoms with E-state index in [-0.39, 0.29) is 12.2 Å². The normalized spacial score (nSPS) is 25.8. The Labute approximate surface area is 80.7 Å². The van der Waals surface area contributed by atoms with Gasteiger partial charge in [0.2, 0.25) is 0 Å². The van der Waals surface area contributed by atoms with Crippen molar-refractivity contribution in [1.29, 1.82) is 0 Å². The number of hydrogen-bond acceptors (Lipinski definition) is 3. The summed E-state index contributed by atoms with van der Waals surface area (Å²) in [7, 11) is 1.78. The summed E-state index contributed by atoms with van der Waals surface area (Å²) in [6.07, 6.45) is 2.13. The molecule has 1 aliphatic rings. The van der Waals surface area contributed by atoms with E-state index < -0.39 is 0 Å². The minimum atomic E-state index is 0.0612. The van der Waals surface area contributed by atoms with Gasteiger partial charge in [-0.15, -0.1) is 0 Å². The molecule has 1 saturated heterocycles. The van der Waals surface area contributed by atoms with Gasteiger partial charge in [-0.05, 0) is 26.7 Å². The molecule has 1 unspecified atom stereocenters. The van der Waals surface area contributed by atoms with E-state index in [0.717, 1.165) is 25.9 Å². The van der Waals surface area contributed by atoms with Gasteiger partial charge in [0.15, 0.2) is 0 Å². The van der Waals surface area contributed by atoms with Gasteiger partial charge in [-0.25, -0.2) is 0 Å². The molecule has 0 radical (unpaired) electrons. The minimum Gasteiger partial charge on any atom is -0.395 e. The zero-order valence-electron chi connectivity index (χ0n) is 8.92. The van der Waals surface area contributed by atoms with Crippen LogP contribution in [0, 0.1) is 0 Å². The maximum Gasteiger partial charge on any atom is 0.0675 e. The monoisotopic (exact) mass is 187 g/mol. The molecule has 3 nitrogen and oxygen atoms in total. The first-order chi connectivity index (χ1) is 6.11. The lowest BCUT2D eigenvalue weighted by molar-refractivity contribution is -0.0525. The second kappa shape index (κ2) is 4.40. The lowest BCUT2D eigenvalue weighted by Crippen LogP contribution is -2.47. The van der Waals surface area contributed by atoms with Gasteiger partial charge in [0, 0.05) is 26.2 Å². The van der Waals surface area contributed by atoms with Crippen LogP contribution < -0.4 is 0 Å². The maximum atomic E-state index is 9.00. The first kappa shape index (κ1) is 11.0. The molecule has 1 fully saturated rings. The summed E-state index contributed by atoms with van der Waals surface area (Å²) in [5.41, 5.74) is 0.0612. The number of ether oxygens (including phenoxy) is 1. The molecule has 0 aromatic heterocycles. The van der Waals surface area contributed by atoms with Crippen molar-refractivity contribution in [3.63, 3.8) is 0 Å². The molecule has 1 atom stereocenters. The molecule has 0 aromatic rings. The Hall–Kier alpha value is -0.120. The van der Waals surface area contributed by atoms with Crippen molar-refractivity contribution < 1.29 is 9.84 Å². The first-order valence-corrected chi connectivity index (χ1v) is 5.01. The van der Waals surface area contributed by atoms with Crippen LogP contribution >= 0.6 is 0 Å². The third-order valence-electron chi connectivity index (χ3n) is 3.24. The Morgan fingerprint density at radius 3 is 2.38 bits per heavy atom. The summed E-state index contributed by atoms with van der Waals surface area (Å²) < 4.78 is 5.45. The fraction of sp³-hybridized carbons (Fsp3) is 1.00. The van der Waals surface area contributed by atoms with Crippen LogP contribution in [0.15, 0.2) is 0 Å². The average Bonchev–Trinajstić information content (AvgIpc) is 2.18. The molecule has 1 N–H and O–H groups in total. The molecule has 1 aliphatic heterocycles. The van der Waals surface area contributed by atoms with Crippen molar-refractivity contribution in [3.8, 4) is 0 Å². The predicted octanol–water partition coefficient (Wildman–Crippen LogP) is 0.868. The van der Waals surface area contributed by atoms with Crippen molar-refractivity contribution in [3.05, 3.63) is 0 Å². The van der Waals surface area contributed by atoms with E-state index >= 15 is 0 Å². The van der Waals surface area contributed by atoms with Crippen LogP contribution in [0.4, 0.5) is 0 Å². The van der Waals surface area contributed by atoms with Crippen molar-refractivity contribution >= 4 is 0 Å². The van der Waals surface area contributed by atoms with Crippen LogP contribution in [-0.2, 0) is 4.74 Å². The molecule has 3 heteroatoms. The molecule has 0 spiro atoms. The lowest BCUT2D eigenvalue weighted by atomic mass is 9.93. The summed E-state index contributed by atoms with van der Waals surface area (Å²) in [5, 5.41) is 9.00. The lowest BCUT2D eigenvalue weighted by Gasteiger charge is -2.40. The summed E-state index contributed by atoms with van der Waals surface area (Å²) in [6, 6.07) is 0.293. The molecule has 0 aromatic carbocycles. The van der Waals surface area contributed by atoms with Crippen LogP contribution in [0.2, 0.25) is 0 Å². The summed E-state index contributed by atoms with van der Waals surface area (Å²) in [5.74, 6) is 0. The fourth-order valence-electron chi connectivity index (χ4n) is 1.76. The molecule has 0 bridgehead atoms. The highest BCUT2D eigenvalue weighted by atomic mass is 16.5. The highest BCUT2D eigenvalue weighted by Gasteiger charge is 2.30. The highest BCUT2D eigenvalue weighted by molar-refractivity contribution is 4.84. The number of aliphatic hydroxyl groups is 1. The topological polar surface area (TPSA) is 32.7 Å². The molecule has 1 rings (SSSR count). The summed E-state index contributed by atoms with van der Waals surface area (Å²) in [4.78, 5) is 2.32. The number of aliphatic hydroxyl groups excluding tert-OH is 1. The van der Waals surface area contributed by atoms with Crippen LogP contribution in [0.5, 0.6) is 0 Å². The third kappa shape index (κ3) is 2.66. The predicted molar refractivity (Wildman–Crippen MR) is 52.8 cm³/mol. The van der Waals surface area contributed by atoms with Gasteiger partial charge < -0.3 is 9.84 Å². The Kier molecular flexibility index (Phi) is 3.71. The molecular formula is C10H21NO2. The van der Waals surface area contributed by atoms with Crippen molar-refractivity contribution in [1.82, 2.24) is 4.90 Å². The van der Waals surface area contributed by atoms with E-state index in [1.165, 1.54) is 0 Å². The van der Waals surface area contributed by atoms with Gasteiger partial charge in [0.1, 0.15) is 0 Å². The Morgan fingerprint density at radius 1 is 1.46 bits per heavy atom. The number of piperidine rings is 1. The number of nitrogens with zero attached hydrogens (tertiary/aromatic N) is 1. The quantitative estimate of drug-likeness (QED) is 0.711. The van der Waals surface area contributed by atoms with Gasteiger partial charge in [0.05, 0.1) is 12.2 Å². The van der Waals surface area contributed by atoms with Crippen molar-refractivity contribution in [2.24, 2.45) is 0 Å². The molecule has 0 saturated carbocycles. The van der Waals surface area contributed by atoms with E-state index in [9.17, 15) is 0 Å². The average molecular weight is 187 g/mol. The van der Waals surface area contributed by atoms with E-state index in [1.54, 1.807) is 7.11 Å². The molecule has 13 heavy (non-hydrogen) atoms. The number of hydrogen-bond donors (Lipinski definition) is 1. The van der Waals surface area contributed by atoms with Gasteiger partial charge >= 0.3 is 0 Å². The van der Waals surface area contributed by atoms with Crippen LogP contribution in [0.1, 0.15) is 26.7 Å². The Bertz CT molecular complexity index is 153. The number of methoxy groups -OCH3 is 1. The van der Waals surface area contributed by atoms with Gasteiger partial charge in [-0.2, -0.15) is 0 Å². The largest absolute Gasteiger partial charge is 0.395 e. The second-order valence-corrected chi connectivity index (χ2v) is 4.22. The fourth-order valence-corrected chi connectivity index (χ4v) is 1.76. The third-order valence-corrected chi connectivity index (χ3v) is 3.24. The number of rotatable bonds is 3. The van der Waals surface area contributed by atoms with Gasteiger partial charge in [-0.1, -0.05) is 0 Å². The van der Waals surface area contributed by atoms with Crippen LogP contribution in [-0.4, -0.2) is 48.5 Å². The summed E-state index contributed by atoms with van der Waals surface area (Å²) >= 11 is 0. The second-order valence-electron chi connectivity index (χ2n) is 4.22. The van der Waals surface area contributed by atoms with E-state index in [4.69, 9.17) is 9.84 Å². The zero-order chi connectivity index (χ0) is 9.90. The molecule has 0 amide bonds. The number of likely N-dealkylation sites (tertiary alicyclic amines) is 1. The smallest absolute Gasteiger partial charge is 0.0675 e. The van der Waals surface area contributed by atoms with Gasteiger partial charge in [0.25, 0.3) is 0 Å².